The summed E-state index contributed by atoms with van der Waals surface area (Å²) >= 11 is 0. The predicted molar refractivity (Wildman–Crippen MR) is 78.3 cm³/mol. The molecule has 0 aromatic heterocycles. The number of ether oxygens (including phenoxy) is 1. The van der Waals surface area contributed by atoms with E-state index < -0.39 is 4.92 Å². The first-order chi connectivity index (χ1) is 9.45. The molecule has 0 amide bonds. The Hall–Kier alpha value is -1.82. The molecule has 0 aliphatic carbocycles. The fourth-order valence-corrected chi connectivity index (χ4v) is 1.94. The summed E-state index contributed by atoms with van der Waals surface area (Å²) in [5, 5.41) is 23.3. The lowest BCUT2D eigenvalue weighted by molar-refractivity contribution is -0.385. The van der Waals surface area contributed by atoms with Crippen LogP contribution in [0, 0.1) is 10.1 Å². The molecule has 112 valence electrons. The monoisotopic (exact) mass is 282 g/mol. The summed E-state index contributed by atoms with van der Waals surface area (Å²) in [6.07, 6.45) is 1.43. The normalized spacial score (nSPS) is 13.6. The van der Waals surface area contributed by atoms with Gasteiger partial charge in [-0.1, -0.05) is 6.92 Å². The first kappa shape index (κ1) is 16.2. The highest BCUT2D eigenvalue weighted by Gasteiger charge is 2.22. The summed E-state index contributed by atoms with van der Waals surface area (Å²) in [5.74, 6) is 0.255. The van der Waals surface area contributed by atoms with Gasteiger partial charge < -0.3 is 15.2 Å². The molecule has 0 saturated heterocycles. The Morgan fingerprint density at radius 1 is 1.45 bits per heavy atom. The van der Waals surface area contributed by atoms with Crippen LogP contribution in [0.15, 0.2) is 18.2 Å². The van der Waals surface area contributed by atoms with Crippen LogP contribution >= 0.6 is 0 Å². The molecular weight excluding hydrogens is 260 g/mol. The third-order valence-corrected chi connectivity index (χ3v) is 3.35. The van der Waals surface area contributed by atoms with Gasteiger partial charge in [0.25, 0.3) is 0 Å². The van der Waals surface area contributed by atoms with Gasteiger partial charge in [-0.2, -0.15) is 0 Å². The molecule has 0 aliphatic heterocycles. The van der Waals surface area contributed by atoms with Gasteiger partial charge in [0.1, 0.15) is 0 Å². The second-order valence-electron chi connectivity index (χ2n) is 4.89. The zero-order valence-electron chi connectivity index (χ0n) is 12.2. The summed E-state index contributed by atoms with van der Waals surface area (Å²) in [5.41, 5.74) is 0.448. The van der Waals surface area contributed by atoms with E-state index in [2.05, 4.69) is 5.32 Å². The number of hydrogen-bond donors (Lipinski definition) is 2. The van der Waals surface area contributed by atoms with Crippen molar-refractivity contribution in [1.29, 1.82) is 0 Å². The van der Waals surface area contributed by atoms with Gasteiger partial charge in [-0.25, -0.2) is 0 Å². The van der Waals surface area contributed by atoms with E-state index in [-0.39, 0.29) is 23.6 Å². The highest BCUT2D eigenvalue weighted by Crippen LogP contribution is 2.32. The number of nitro benzene ring substituents is 1. The van der Waals surface area contributed by atoms with Crippen LogP contribution in [0.2, 0.25) is 0 Å². The first-order valence-electron chi connectivity index (χ1n) is 6.76. The van der Waals surface area contributed by atoms with Crippen LogP contribution in [0.3, 0.4) is 0 Å². The molecule has 0 bridgehead atoms. The van der Waals surface area contributed by atoms with Crippen molar-refractivity contribution in [3.63, 3.8) is 0 Å². The predicted octanol–water partition coefficient (Wildman–Crippen LogP) is 2.96. The Morgan fingerprint density at radius 2 is 2.15 bits per heavy atom. The molecule has 6 heteroatoms. The third kappa shape index (κ3) is 4.09. The van der Waals surface area contributed by atoms with Crippen LogP contribution in [-0.2, 0) is 0 Å². The second-order valence-corrected chi connectivity index (χ2v) is 4.89. The summed E-state index contributed by atoms with van der Waals surface area (Å²) in [6.45, 7) is 6.27. The molecule has 1 aromatic carbocycles. The maximum atomic E-state index is 10.9. The molecule has 1 rings (SSSR count). The highest BCUT2D eigenvalue weighted by molar-refractivity contribution is 5.58. The average Bonchev–Trinajstić information content (AvgIpc) is 2.39. The number of benzene rings is 1. The first-order valence-corrected chi connectivity index (χ1v) is 6.76. The van der Waals surface area contributed by atoms with Crippen LogP contribution < -0.4 is 10.1 Å². The van der Waals surface area contributed by atoms with Crippen molar-refractivity contribution in [3.8, 4) is 5.75 Å². The molecule has 0 fully saturated rings. The van der Waals surface area contributed by atoms with Crippen molar-refractivity contribution < 1.29 is 14.8 Å². The van der Waals surface area contributed by atoms with Gasteiger partial charge in [-0.3, -0.25) is 10.1 Å². The van der Waals surface area contributed by atoms with Crippen molar-refractivity contribution in [2.45, 2.75) is 39.2 Å². The van der Waals surface area contributed by atoms with E-state index >= 15 is 0 Å². The van der Waals surface area contributed by atoms with Gasteiger partial charge in [0.2, 0.25) is 0 Å². The molecule has 1 aromatic rings. The van der Waals surface area contributed by atoms with E-state index in [0.717, 1.165) is 12.1 Å². The number of hydrogen-bond acceptors (Lipinski definition) is 5. The molecule has 0 saturated carbocycles. The average molecular weight is 282 g/mol. The van der Waals surface area contributed by atoms with Crippen molar-refractivity contribution in [2.24, 2.45) is 0 Å². The zero-order valence-corrected chi connectivity index (χ0v) is 12.2. The number of nitrogens with one attached hydrogen (secondary N) is 1. The Kier molecular flexibility index (Phi) is 5.76. The topological polar surface area (TPSA) is 84.6 Å². The van der Waals surface area contributed by atoms with Crippen LogP contribution in [0.25, 0.3) is 0 Å². The molecule has 1 unspecified atom stereocenters. The van der Waals surface area contributed by atoms with Gasteiger partial charge in [0, 0.05) is 30.0 Å². The molecule has 0 aliphatic rings. The number of aliphatic hydroxyl groups excluding tert-OH is 1. The summed E-state index contributed by atoms with van der Waals surface area (Å²) in [4.78, 5) is 10.5. The summed E-state index contributed by atoms with van der Waals surface area (Å²) in [6, 6.07) is 4.72. The van der Waals surface area contributed by atoms with E-state index in [9.17, 15) is 10.1 Å². The fraction of sp³-hybridized carbons (Fsp3) is 0.571. The SMILES string of the molecule is CCOc1cc(NC(C)(CC)CCO)ccc1[N+](=O)[O-]. The molecule has 2 N–H and O–H groups in total. The van der Waals surface area contributed by atoms with E-state index in [4.69, 9.17) is 9.84 Å². The lowest BCUT2D eigenvalue weighted by Gasteiger charge is -2.30. The molecule has 20 heavy (non-hydrogen) atoms. The van der Waals surface area contributed by atoms with E-state index in [0.29, 0.717) is 13.0 Å². The third-order valence-electron chi connectivity index (χ3n) is 3.35. The maximum absolute atomic E-state index is 10.9. The van der Waals surface area contributed by atoms with Crippen LogP contribution in [0.5, 0.6) is 5.75 Å². The highest BCUT2D eigenvalue weighted by atomic mass is 16.6. The molecule has 1 atom stereocenters. The standard InChI is InChI=1S/C14H22N2O4/c1-4-14(3,8-9-17)15-11-6-7-12(16(18)19)13(10-11)20-5-2/h6-7,10,15,17H,4-5,8-9H2,1-3H3. The molecule has 0 spiro atoms. The van der Waals surface area contributed by atoms with Gasteiger partial charge in [0.05, 0.1) is 11.5 Å². The number of aliphatic hydroxyl groups is 1. The second kappa shape index (κ2) is 7.09. The number of nitrogens with zero attached hydrogens (tertiary/aromatic N) is 1. The zero-order chi connectivity index (χ0) is 15.2. The van der Waals surface area contributed by atoms with Crippen molar-refractivity contribution >= 4 is 11.4 Å². The Morgan fingerprint density at radius 3 is 2.65 bits per heavy atom. The smallest absolute Gasteiger partial charge is 0.311 e. The number of rotatable bonds is 8. The van der Waals surface area contributed by atoms with Crippen LogP contribution in [0.4, 0.5) is 11.4 Å². The molecule has 6 nitrogen and oxygen atoms in total. The Bertz CT molecular complexity index is 464. The number of anilines is 1. The maximum Gasteiger partial charge on any atom is 0.311 e. The van der Waals surface area contributed by atoms with E-state index in [1.165, 1.54) is 6.07 Å². The summed E-state index contributed by atoms with van der Waals surface area (Å²) < 4.78 is 5.32. The van der Waals surface area contributed by atoms with Gasteiger partial charge in [-0.05, 0) is 32.8 Å². The van der Waals surface area contributed by atoms with E-state index in [1.807, 2.05) is 13.8 Å². The number of nitro groups is 1. The van der Waals surface area contributed by atoms with Gasteiger partial charge in [-0.15, -0.1) is 0 Å². The van der Waals surface area contributed by atoms with Crippen LogP contribution in [-0.4, -0.2) is 28.8 Å². The largest absolute Gasteiger partial charge is 0.487 e. The van der Waals surface area contributed by atoms with Crippen molar-refractivity contribution in [3.05, 3.63) is 28.3 Å². The van der Waals surface area contributed by atoms with Gasteiger partial charge >= 0.3 is 5.69 Å². The van der Waals surface area contributed by atoms with Crippen molar-refractivity contribution in [1.82, 2.24) is 0 Å². The quantitative estimate of drug-likeness (QED) is 0.565. The molecular formula is C14H22N2O4. The molecule has 0 radical (unpaired) electrons. The minimum absolute atomic E-state index is 0.0437. The fourth-order valence-electron chi connectivity index (χ4n) is 1.94. The lowest BCUT2D eigenvalue weighted by atomic mass is 9.94. The molecule has 0 heterocycles. The Balaban J connectivity index is 3.02. The van der Waals surface area contributed by atoms with E-state index in [1.54, 1.807) is 19.1 Å². The lowest BCUT2D eigenvalue weighted by Crippen LogP contribution is -2.34. The minimum atomic E-state index is -0.457. The Labute approximate surface area is 118 Å². The minimum Gasteiger partial charge on any atom is -0.487 e. The van der Waals surface area contributed by atoms with Gasteiger partial charge in [0.15, 0.2) is 5.75 Å². The van der Waals surface area contributed by atoms with Crippen molar-refractivity contribution in [2.75, 3.05) is 18.5 Å². The van der Waals surface area contributed by atoms with Crippen LogP contribution in [0.1, 0.15) is 33.6 Å². The summed E-state index contributed by atoms with van der Waals surface area (Å²) in [7, 11) is 0.